The van der Waals surface area contributed by atoms with E-state index in [4.69, 9.17) is 0 Å². The Morgan fingerprint density at radius 3 is 2.25 bits per heavy atom. The highest BCUT2D eigenvalue weighted by Crippen LogP contribution is 2.15. The molecule has 0 spiro atoms. The molecule has 0 heterocycles. The van der Waals surface area contributed by atoms with Crippen molar-refractivity contribution in [3.05, 3.63) is 34.4 Å². The third kappa shape index (κ3) is 3.62. The normalized spacial score (nSPS) is 12.8. The molecular weight excluding hydrogens is 198 g/mol. The minimum atomic E-state index is -0.230. The zero-order chi connectivity index (χ0) is 12.1. The van der Waals surface area contributed by atoms with E-state index in [0.717, 1.165) is 13.0 Å². The molecule has 1 atom stereocenters. The summed E-state index contributed by atoms with van der Waals surface area (Å²) >= 11 is 0. The van der Waals surface area contributed by atoms with Crippen LogP contribution in [0.25, 0.3) is 0 Å². The summed E-state index contributed by atoms with van der Waals surface area (Å²) in [6.07, 6.45) is 0.574. The van der Waals surface area contributed by atoms with Gasteiger partial charge in [0, 0.05) is 13.1 Å². The van der Waals surface area contributed by atoms with E-state index >= 15 is 0 Å². The molecule has 0 aliphatic heterocycles. The maximum Gasteiger partial charge on any atom is 0.0662 e. The monoisotopic (exact) mass is 221 g/mol. The third-order valence-corrected chi connectivity index (χ3v) is 2.99. The summed E-state index contributed by atoms with van der Waals surface area (Å²) in [7, 11) is 0. The summed E-state index contributed by atoms with van der Waals surface area (Å²) in [5.74, 6) is 0. The van der Waals surface area contributed by atoms with Gasteiger partial charge in [0.05, 0.1) is 6.10 Å². The Bertz CT molecular complexity index is 324. The molecule has 2 heteroatoms. The molecule has 90 valence electrons. The van der Waals surface area contributed by atoms with Crippen molar-refractivity contribution in [1.29, 1.82) is 0 Å². The molecule has 0 amide bonds. The highest BCUT2D eigenvalue weighted by Gasteiger charge is 2.05. The van der Waals surface area contributed by atoms with Crippen LogP contribution in [-0.2, 0) is 6.54 Å². The molecular formula is C14H23NO. The van der Waals surface area contributed by atoms with Gasteiger partial charge in [-0.3, -0.25) is 0 Å². The topological polar surface area (TPSA) is 32.3 Å². The first-order valence-electron chi connectivity index (χ1n) is 6.00. The predicted octanol–water partition coefficient (Wildman–Crippen LogP) is 2.47. The average Bonchev–Trinajstić information content (AvgIpc) is 2.21. The second-order valence-corrected chi connectivity index (χ2v) is 4.57. The minimum Gasteiger partial charge on any atom is -0.392 e. The largest absolute Gasteiger partial charge is 0.392 e. The lowest BCUT2D eigenvalue weighted by Crippen LogP contribution is -2.26. The van der Waals surface area contributed by atoms with E-state index in [1.165, 1.54) is 22.3 Å². The summed E-state index contributed by atoms with van der Waals surface area (Å²) < 4.78 is 0. The van der Waals surface area contributed by atoms with Crippen molar-refractivity contribution in [2.75, 3.05) is 6.54 Å². The first kappa shape index (κ1) is 13.2. The number of hydrogen-bond donors (Lipinski definition) is 2. The van der Waals surface area contributed by atoms with Crippen LogP contribution in [0.2, 0.25) is 0 Å². The van der Waals surface area contributed by atoms with Gasteiger partial charge >= 0.3 is 0 Å². The highest BCUT2D eigenvalue weighted by atomic mass is 16.3. The SMILES string of the molecule is CCC(O)CNCc1c(C)cc(C)cc1C. The maximum atomic E-state index is 9.46. The van der Waals surface area contributed by atoms with Gasteiger partial charge in [0.25, 0.3) is 0 Å². The zero-order valence-electron chi connectivity index (χ0n) is 10.8. The average molecular weight is 221 g/mol. The van der Waals surface area contributed by atoms with Crippen molar-refractivity contribution >= 4 is 0 Å². The molecule has 1 aromatic carbocycles. The Balaban J connectivity index is 2.60. The molecule has 0 saturated heterocycles. The standard InChI is InChI=1S/C14H23NO/c1-5-13(16)8-15-9-14-11(3)6-10(2)7-12(14)4/h6-7,13,15-16H,5,8-9H2,1-4H3. The Kier molecular flexibility index (Phi) is 4.97. The molecule has 0 saturated carbocycles. The molecule has 0 radical (unpaired) electrons. The molecule has 0 aromatic heterocycles. The van der Waals surface area contributed by atoms with Crippen LogP contribution < -0.4 is 5.32 Å². The van der Waals surface area contributed by atoms with Gasteiger partial charge in [0.15, 0.2) is 0 Å². The molecule has 0 fully saturated rings. The first-order valence-corrected chi connectivity index (χ1v) is 6.00. The Labute approximate surface area is 98.7 Å². The van der Waals surface area contributed by atoms with Crippen molar-refractivity contribution in [2.24, 2.45) is 0 Å². The van der Waals surface area contributed by atoms with E-state index in [9.17, 15) is 5.11 Å². The quantitative estimate of drug-likeness (QED) is 0.800. The van der Waals surface area contributed by atoms with Crippen LogP contribution >= 0.6 is 0 Å². The van der Waals surface area contributed by atoms with E-state index in [2.05, 4.69) is 38.2 Å². The number of benzene rings is 1. The fraction of sp³-hybridized carbons (Fsp3) is 0.571. The lowest BCUT2D eigenvalue weighted by molar-refractivity contribution is 0.167. The van der Waals surface area contributed by atoms with Crippen LogP contribution in [0.1, 0.15) is 35.6 Å². The molecule has 0 bridgehead atoms. The molecule has 0 aliphatic carbocycles. The number of hydrogen-bond acceptors (Lipinski definition) is 2. The van der Waals surface area contributed by atoms with Crippen LogP contribution in [-0.4, -0.2) is 17.8 Å². The lowest BCUT2D eigenvalue weighted by Gasteiger charge is -2.14. The Hall–Kier alpha value is -0.860. The third-order valence-electron chi connectivity index (χ3n) is 2.99. The van der Waals surface area contributed by atoms with Gasteiger partial charge in [-0.05, 0) is 43.9 Å². The van der Waals surface area contributed by atoms with Crippen LogP contribution in [0, 0.1) is 20.8 Å². The molecule has 0 aliphatic rings. The highest BCUT2D eigenvalue weighted by molar-refractivity contribution is 5.37. The van der Waals surface area contributed by atoms with Gasteiger partial charge in [-0.1, -0.05) is 24.6 Å². The minimum absolute atomic E-state index is 0.230. The maximum absolute atomic E-state index is 9.46. The number of nitrogens with one attached hydrogen (secondary N) is 1. The van der Waals surface area contributed by atoms with E-state index in [-0.39, 0.29) is 6.10 Å². The van der Waals surface area contributed by atoms with Gasteiger partial charge in [0.2, 0.25) is 0 Å². The molecule has 1 aromatic rings. The first-order chi connectivity index (χ1) is 7.54. The summed E-state index contributed by atoms with van der Waals surface area (Å²) in [4.78, 5) is 0. The zero-order valence-corrected chi connectivity index (χ0v) is 10.8. The van der Waals surface area contributed by atoms with Gasteiger partial charge in [-0.25, -0.2) is 0 Å². The molecule has 2 nitrogen and oxygen atoms in total. The summed E-state index contributed by atoms with van der Waals surface area (Å²) in [6, 6.07) is 4.42. The van der Waals surface area contributed by atoms with E-state index in [0.29, 0.717) is 6.54 Å². The number of aryl methyl sites for hydroxylation is 3. The van der Waals surface area contributed by atoms with Crippen LogP contribution in [0.3, 0.4) is 0 Å². The van der Waals surface area contributed by atoms with Crippen LogP contribution in [0.15, 0.2) is 12.1 Å². The summed E-state index contributed by atoms with van der Waals surface area (Å²) in [5.41, 5.74) is 5.33. The van der Waals surface area contributed by atoms with Crippen molar-refractivity contribution in [1.82, 2.24) is 5.32 Å². The number of aliphatic hydroxyl groups is 1. The van der Waals surface area contributed by atoms with Crippen molar-refractivity contribution < 1.29 is 5.11 Å². The van der Waals surface area contributed by atoms with E-state index in [1.807, 2.05) is 6.92 Å². The second kappa shape index (κ2) is 6.02. The molecule has 1 rings (SSSR count). The van der Waals surface area contributed by atoms with Gasteiger partial charge < -0.3 is 10.4 Å². The van der Waals surface area contributed by atoms with Crippen molar-refractivity contribution in [2.45, 2.75) is 46.8 Å². The second-order valence-electron chi connectivity index (χ2n) is 4.57. The van der Waals surface area contributed by atoms with E-state index in [1.54, 1.807) is 0 Å². The molecule has 2 N–H and O–H groups in total. The van der Waals surface area contributed by atoms with Gasteiger partial charge in [-0.15, -0.1) is 0 Å². The predicted molar refractivity (Wildman–Crippen MR) is 68.7 cm³/mol. The van der Waals surface area contributed by atoms with Gasteiger partial charge in [0.1, 0.15) is 0 Å². The van der Waals surface area contributed by atoms with Crippen molar-refractivity contribution in [3.63, 3.8) is 0 Å². The summed E-state index contributed by atoms with van der Waals surface area (Å²) in [6.45, 7) is 9.92. The Morgan fingerprint density at radius 1 is 1.19 bits per heavy atom. The number of aliphatic hydroxyl groups excluding tert-OH is 1. The Morgan fingerprint density at radius 2 is 1.75 bits per heavy atom. The van der Waals surface area contributed by atoms with Gasteiger partial charge in [-0.2, -0.15) is 0 Å². The molecule has 1 unspecified atom stereocenters. The molecule has 16 heavy (non-hydrogen) atoms. The van der Waals surface area contributed by atoms with Crippen molar-refractivity contribution in [3.8, 4) is 0 Å². The fourth-order valence-corrected chi connectivity index (χ4v) is 2.00. The van der Waals surface area contributed by atoms with E-state index < -0.39 is 0 Å². The lowest BCUT2D eigenvalue weighted by atomic mass is 10.00. The smallest absolute Gasteiger partial charge is 0.0662 e. The van der Waals surface area contributed by atoms with Crippen LogP contribution in [0.4, 0.5) is 0 Å². The fourth-order valence-electron chi connectivity index (χ4n) is 2.00. The number of rotatable bonds is 5. The summed E-state index contributed by atoms with van der Waals surface area (Å²) in [5, 5.41) is 12.8. The van der Waals surface area contributed by atoms with Crippen LogP contribution in [0.5, 0.6) is 0 Å².